The molecule has 0 fully saturated rings. The molecule has 0 aromatic heterocycles. The molecule has 18 heavy (non-hydrogen) atoms. The lowest BCUT2D eigenvalue weighted by Gasteiger charge is -2.09. The number of nitrogens with zero attached hydrogens (tertiary/aromatic N) is 1. The summed E-state index contributed by atoms with van der Waals surface area (Å²) in [6.07, 6.45) is 0. The molecule has 0 atom stereocenters. The van der Waals surface area contributed by atoms with Crippen molar-refractivity contribution in [2.45, 2.75) is 6.92 Å². The summed E-state index contributed by atoms with van der Waals surface area (Å²) < 4.78 is 4.81. The van der Waals surface area contributed by atoms with Crippen molar-refractivity contribution in [2.75, 3.05) is 25.6 Å². The number of phenols is 1. The smallest absolute Gasteiger partial charge is 0.293 e. The van der Waals surface area contributed by atoms with Crippen molar-refractivity contribution in [2.24, 2.45) is 0 Å². The third-order valence-corrected chi connectivity index (χ3v) is 2.31. The number of nitro benzene ring substituents is 1. The molecule has 2 N–H and O–H groups in total. The average molecular weight is 254 g/mol. The number of ketones is 1. The van der Waals surface area contributed by atoms with Crippen LogP contribution in [0.4, 0.5) is 11.4 Å². The number of aromatic hydroxyl groups is 1. The van der Waals surface area contributed by atoms with Crippen LogP contribution in [0.3, 0.4) is 0 Å². The summed E-state index contributed by atoms with van der Waals surface area (Å²) in [6, 6.07) is 2.23. The average Bonchev–Trinajstić information content (AvgIpc) is 2.28. The number of Topliss-reactive ketones (excluding diaryl/α,β-unsaturated/α-hetero) is 1. The van der Waals surface area contributed by atoms with Gasteiger partial charge in [-0.3, -0.25) is 14.9 Å². The molecule has 1 aromatic rings. The molecule has 0 saturated heterocycles. The number of hydrogen-bond acceptors (Lipinski definition) is 6. The lowest BCUT2D eigenvalue weighted by molar-refractivity contribution is -0.384. The third-order valence-electron chi connectivity index (χ3n) is 2.31. The van der Waals surface area contributed by atoms with Gasteiger partial charge in [-0.1, -0.05) is 0 Å². The summed E-state index contributed by atoms with van der Waals surface area (Å²) in [5.74, 6) is -0.716. The molecule has 0 heterocycles. The number of benzene rings is 1. The largest absolute Gasteiger partial charge is 0.507 e. The number of methoxy groups -OCH3 is 1. The molecule has 0 radical (unpaired) electrons. The predicted molar refractivity (Wildman–Crippen MR) is 65.1 cm³/mol. The van der Waals surface area contributed by atoms with Crippen molar-refractivity contribution in [3.8, 4) is 5.75 Å². The molecule has 0 saturated carbocycles. The number of phenolic OH excluding ortho intramolecular Hbond substituents is 1. The molecular formula is C11H14N2O5. The minimum atomic E-state index is -0.610. The summed E-state index contributed by atoms with van der Waals surface area (Å²) in [4.78, 5) is 21.5. The van der Waals surface area contributed by atoms with Gasteiger partial charge >= 0.3 is 0 Å². The van der Waals surface area contributed by atoms with Gasteiger partial charge in [0, 0.05) is 25.8 Å². The first-order valence-electron chi connectivity index (χ1n) is 5.22. The van der Waals surface area contributed by atoms with Crippen LogP contribution in [-0.2, 0) is 4.74 Å². The normalized spacial score (nSPS) is 10.1. The fourth-order valence-corrected chi connectivity index (χ4v) is 1.44. The summed E-state index contributed by atoms with van der Waals surface area (Å²) >= 11 is 0. The lowest BCUT2D eigenvalue weighted by Crippen LogP contribution is -2.09. The SMILES string of the molecule is COCCNc1cc(O)c(C(C)=O)cc1[N+](=O)[O-]. The Hall–Kier alpha value is -2.15. The van der Waals surface area contributed by atoms with Gasteiger partial charge < -0.3 is 15.2 Å². The van der Waals surface area contributed by atoms with Crippen molar-refractivity contribution in [3.63, 3.8) is 0 Å². The monoisotopic (exact) mass is 254 g/mol. The molecular weight excluding hydrogens is 240 g/mol. The second-order valence-corrected chi connectivity index (χ2v) is 3.62. The van der Waals surface area contributed by atoms with E-state index in [9.17, 15) is 20.0 Å². The van der Waals surface area contributed by atoms with Gasteiger partial charge in [0.15, 0.2) is 5.78 Å². The van der Waals surface area contributed by atoms with Gasteiger partial charge in [0.05, 0.1) is 17.1 Å². The quantitative estimate of drug-likeness (QED) is 0.345. The van der Waals surface area contributed by atoms with Crippen LogP contribution in [0.1, 0.15) is 17.3 Å². The van der Waals surface area contributed by atoms with Crippen LogP contribution < -0.4 is 5.32 Å². The Morgan fingerprint density at radius 3 is 2.72 bits per heavy atom. The first-order chi connectivity index (χ1) is 8.47. The van der Waals surface area contributed by atoms with Crippen LogP contribution in [-0.4, -0.2) is 36.1 Å². The van der Waals surface area contributed by atoms with E-state index in [1.54, 1.807) is 0 Å². The summed E-state index contributed by atoms with van der Waals surface area (Å²) in [6.45, 7) is 1.96. The van der Waals surface area contributed by atoms with E-state index in [1.165, 1.54) is 20.1 Å². The fraction of sp³-hybridized carbons (Fsp3) is 0.364. The first-order valence-corrected chi connectivity index (χ1v) is 5.22. The van der Waals surface area contributed by atoms with E-state index in [1.807, 2.05) is 0 Å². The van der Waals surface area contributed by atoms with E-state index in [4.69, 9.17) is 4.74 Å². The van der Waals surface area contributed by atoms with Gasteiger partial charge in [0.2, 0.25) is 0 Å². The number of nitro groups is 1. The highest BCUT2D eigenvalue weighted by molar-refractivity contribution is 5.98. The third kappa shape index (κ3) is 3.17. The minimum Gasteiger partial charge on any atom is -0.507 e. The Bertz CT molecular complexity index is 473. The van der Waals surface area contributed by atoms with Crippen molar-refractivity contribution in [1.29, 1.82) is 0 Å². The molecule has 0 aliphatic heterocycles. The maximum Gasteiger partial charge on any atom is 0.293 e. The minimum absolute atomic E-state index is 0.0704. The molecule has 98 valence electrons. The van der Waals surface area contributed by atoms with Gasteiger partial charge in [-0.05, 0) is 6.92 Å². The number of rotatable bonds is 6. The van der Waals surface area contributed by atoms with Crippen LogP contribution in [0.25, 0.3) is 0 Å². The highest BCUT2D eigenvalue weighted by atomic mass is 16.6. The van der Waals surface area contributed by atoms with E-state index in [-0.39, 0.29) is 22.7 Å². The van der Waals surface area contributed by atoms with Crippen LogP contribution in [0.5, 0.6) is 5.75 Å². The summed E-state index contributed by atoms with van der Waals surface area (Å²) in [7, 11) is 1.51. The van der Waals surface area contributed by atoms with Crippen LogP contribution in [0, 0.1) is 10.1 Å². The van der Waals surface area contributed by atoms with E-state index in [0.717, 1.165) is 6.07 Å². The summed E-state index contributed by atoms with van der Waals surface area (Å²) in [5.41, 5.74) is -0.173. The van der Waals surface area contributed by atoms with E-state index >= 15 is 0 Å². The fourth-order valence-electron chi connectivity index (χ4n) is 1.44. The number of ether oxygens (including phenoxy) is 1. The van der Waals surface area contributed by atoms with Crippen molar-refractivity contribution in [1.82, 2.24) is 0 Å². The maximum atomic E-state index is 11.2. The number of hydrogen-bond donors (Lipinski definition) is 2. The number of anilines is 1. The Morgan fingerprint density at radius 2 is 2.22 bits per heavy atom. The van der Waals surface area contributed by atoms with Crippen molar-refractivity contribution in [3.05, 3.63) is 27.8 Å². The molecule has 0 aliphatic carbocycles. The molecule has 7 heteroatoms. The van der Waals surface area contributed by atoms with E-state index in [0.29, 0.717) is 13.2 Å². The molecule has 0 unspecified atom stereocenters. The van der Waals surface area contributed by atoms with Gasteiger partial charge in [-0.15, -0.1) is 0 Å². The Morgan fingerprint density at radius 1 is 1.56 bits per heavy atom. The molecule has 0 spiro atoms. The topological polar surface area (TPSA) is 102 Å². The molecule has 0 aliphatic rings. The van der Waals surface area contributed by atoms with Gasteiger partial charge in [0.25, 0.3) is 5.69 Å². The zero-order chi connectivity index (χ0) is 13.7. The summed E-state index contributed by atoms with van der Waals surface area (Å²) in [5, 5.41) is 23.3. The van der Waals surface area contributed by atoms with Gasteiger partial charge in [-0.25, -0.2) is 0 Å². The molecule has 0 amide bonds. The second-order valence-electron chi connectivity index (χ2n) is 3.62. The number of carbonyl (C=O) groups is 1. The Balaban J connectivity index is 3.12. The Kier molecular flexibility index (Phi) is 4.61. The van der Waals surface area contributed by atoms with Gasteiger partial charge in [0.1, 0.15) is 11.4 Å². The molecule has 0 bridgehead atoms. The number of nitrogens with one attached hydrogen (secondary N) is 1. The highest BCUT2D eigenvalue weighted by Crippen LogP contribution is 2.32. The molecule has 1 rings (SSSR count). The predicted octanol–water partition coefficient (Wildman–Crippen LogP) is 1.56. The molecule has 1 aromatic carbocycles. The van der Waals surface area contributed by atoms with Crippen LogP contribution in [0.2, 0.25) is 0 Å². The zero-order valence-electron chi connectivity index (χ0n) is 10.1. The second kappa shape index (κ2) is 5.97. The first kappa shape index (κ1) is 13.9. The van der Waals surface area contributed by atoms with Gasteiger partial charge in [-0.2, -0.15) is 0 Å². The van der Waals surface area contributed by atoms with E-state index < -0.39 is 10.7 Å². The highest BCUT2D eigenvalue weighted by Gasteiger charge is 2.19. The van der Waals surface area contributed by atoms with Crippen molar-refractivity contribution < 1.29 is 19.6 Å². The van der Waals surface area contributed by atoms with Crippen LogP contribution in [0.15, 0.2) is 12.1 Å². The molecule has 7 nitrogen and oxygen atoms in total. The number of carbonyl (C=O) groups excluding carboxylic acids is 1. The lowest BCUT2D eigenvalue weighted by atomic mass is 10.1. The van der Waals surface area contributed by atoms with Crippen LogP contribution >= 0.6 is 0 Å². The standard InChI is InChI=1S/C11H14N2O5/c1-7(14)8-5-10(13(16)17)9(6-11(8)15)12-3-4-18-2/h5-6,12,15H,3-4H2,1-2H3. The maximum absolute atomic E-state index is 11.2. The Labute approximate surface area is 104 Å². The zero-order valence-corrected chi connectivity index (χ0v) is 10.1. The van der Waals surface area contributed by atoms with E-state index in [2.05, 4.69) is 5.32 Å². The van der Waals surface area contributed by atoms with Crippen molar-refractivity contribution >= 4 is 17.2 Å².